The Morgan fingerprint density at radius 1 is 0.435 bits per heavy atom. The second-order valence-electron chi connectivity index (χ2n) is 36.4. The predicted molar refractivity (Wildman–Crippen MR) is 427 cm³/mol. The van der Waals surface area contributed by atoms with Crippen molar-refractivity contribution in [3.63, 3.8) is 0 Å². The predicted octanol–water partition coefficient (Wildman–Crippen LogP) is 17.0. The van der Waals surface area contributed by atoms with E-state index in [1.807, 2.05) is 133 Å². The number of amides is 2. The van der Waals surface area contributed by atoms with Crippen LogP contribution in [-0.2, 0) is 83.2 Å². The number of pyridine rings is 3. The second kappa shape index (κ2) is 29.5. The Labute approximate surface area is 633 Å². The van der Waals surface area contributed by atoms with E-state index >= 15 is 0 Å². The molecule has 2 amide bonds. The third kappa shape index (κ3) is 14.8. The zero-order valence-corrected chi connectivity index (χ0v) is 67.9. The van der Waals surface area contributed by atoms with Gasteiger partial charge in [0.05, 0.1) is 79.7 Å². The van der Waals surface area contributed by atoms with Crippen LogP contribution in [-0.4, -0.2) is 86.6 Å². The molecule has 0 bridgehead atoms. The number of fused-ring (bicyclic) bond motifs is 16. The number of rotatable bonds is 6. The summed E-state index contributed by atoms with van der Waals surface area (Å²) in [6.07, 6.45) is 17.7. The average Bonchev–Trinajstić information content (AvgIpc) is 1.55. The highest BCUT2D eigenvalue weighted by Gasteiger charge is 2.42. The average molecular weight is 1480 g/mol. The van der Waals surface area contributed by atoms with E-state index in [1.165, 1.54) is 59.2 Å². The number of aromatic nitrogens is 10. The fourth-order valence-electron chi connectivity index (χ4n) is 17.2. The van der Waals surface area contributed by atoms with Crippen molar-refractivity contribution in [2.45, 2.75) is 291 Å². The number of carbonyl (C=O) groups is 2. The second-order valence-corrected chi connectivity index (χ2v) is 36.4. The van der Waals surface area contributed by atoms with Gasteiger partial charge in [-0.2, -0.15) is 5.10 Å². The number of carbonyl (C=O) groups excluding carboxylic acids is 2. The Morgan fingerprint density at radius 3 is 1.49 bits per heavy atom. The molecule has 1 aromatic carbocycles. The maximum absolute atomic E-state index is 14.6. The van der Waals surface area contributed by atoms with Gasteiger partial charge in [-0.15, -0.1) is 0 Å². The van der Waals surface area contributed by atoms with Gasteiger partial charge in [0.1, 0.15) is 11.2 Å². The summed E-state index contributed by atoms with van der Waals surface area (Å²) in [5, 5.41) is 6.80. The molecule has 0 fully saturated rings. The smallest absolute Gasteiger partial charge is 0.277 e. The van der Waals surface area contributed by atoms with E-state index in [-0.39, 0.29) is 103 Å². The number of aryl methyl sites for hydroxylation is 3. The largest absolute Gasteiger partial charge is 0.346 e. The summed E-state index contributed by atoms with van der Waals surface area (Å²) in [6, 6.07) is 16.5. The van der Waals surface area contributed by atoms with Crippen molar-refractivity contribution < 1.29 is 22.8 Å². The van der Waals surface area contributed by atoms with Crippen LogP contribution in [0.15, 0.2) is 92.5 Å². The molecular formula is C87H115F3N12O6. The van der Waals surface area contributed by atoms with E-state index in [1.54, 1.807) is 21.9 Å². The first-order valence-electron chi connectivity index (χ1n) is 39.4. The molecule has 0 aliphatic carbocycles. The third-order valence-corrected chi connectivity index (χ3v) is 22.9. The van der Waals surface area contributed by atoms with E-state index < -0.39 is 5.82 Å². The molecule has 17 rings (SSSR count). The Hall–Kier alpha value is -8.88. The van der Waals surface area contributed by atoms with Gasteiger partial charge < -0.3 is 46.3 Å². The first kappa shape index (κ1) is 78.7. The Kier molecular flexibility index (Phi) is 21.5. The molecule has 21 heteroatoms. The summed E-state index contributed by atoms with van der Waals surface area (Å²) < 4.78 is 60.9. The van der Waals surface area contributed by atoms with E-state index in [0.717, 1.165) is 121 Å². The molecule has 108 heavy (non-hydrogen) atoms. The van der Waals surface area contributed by atoms with E-state index in [9.17, 15) is 41.9 Å². The lowest BCUT2D eigenvalue weighted by Gasteiger charge is -2.31. The van der Waals surface area contributed by atoms with E-state index in [2.05, 4.69) is 109 Å². The van der Waals surface area contributed by atoms with Gasteiger partial charge >= 0.3 is 0 Å². The molecule has 0 spiro atoms. The molecular weight excluding hydrogens is 1370 g/mol. The van der Waals surface area contributed by atoms with Crippen molar-refractivity contribution in [1.29, 1.82) is 0 Å². The molecule has 7 aliphatic rings. The number of nitrogens with zero attached hydrogens (tertiary/aromatic N) is 12. The molecule has 0 unspecified atom stereocenters. The number of halogens is 3. The molecule has 580 valence electrons. The highest BCUT2D eigenvalue weighted by atomic mass is 19.1. The highest BCUT2D eigenvalue weighted by molar-refractivity contribution is 5.99. The fourth-order valence-corrected chi connectivity index (χ4v) is 17.2. The Morgan fingerprint density at radius 2 is 0.935 bits per heavy atom. The summed E-state index contributed by atoms with van der Waals surface area (Å²) in [5.74, 6) is -0.957. The maximum atomic E-state index is 14.6. The molecule has 0 N–H and O–H groups in total. The summed E-state index contributed by atoms with van der Waals surface area (Å²) >= 11 is 0. The van der Waals surface area contributed by atoms with Crippen LogP contribution in [0.3, 0.4) is 0 Å². The topological polar surface area (TPSA) is 166 Å². The molecule has 18 nitrogen and oxygen atoms in total. The Bertz CT molecular complexity index is 5410. The number of benzene rings is 1. The van der Waals surface area contributed by atoms with Gasteiger partial charge in [-0.05, 0) is 217 Å². The molecule has 0 atom stereocenters. The van der Waals surface area contributed by atoms with Crippen molar-refractivity contribution in [2.24, 2.45) is 16.2 Å². The van der Waals surface area contributed by atoms with Crippen LogP contribution in [0.25, 0.3) is 43.5 Å². The Balaban J connectivity index is 0.000000121. The monoisotopic (exact) mass is 1480 g/mol. The van der Waals surface area contributed by atoms with Crippen LogP contribution in [0, 0.1) is 33.7 Å². The van der Waals surface area contributed by atoms with Gasteiger partial charge in [0.15, 0.2) is 11.6 Å². The summed E-state index contributed by atoms with van der Waals surface area (Å²) in [4.78, 5) is 77.6. The summed E-state index contributed by atoms with van der Waals surface area (Å²) in [6.45, 7) is 49.3. The van der Waals surface area contributed by atoms with Crippen molar-refractivity contribution in [2.75, 3.05) is 6.54 Å². The lowest BCUT2D eigenvalue weighted by atomic mass is 9.86. The van der Waals surface area contributed by atoms with Gasteiger partial charge in [0, 0.05) is 123 Å². The van der Waals surface area contributed by atoms with Gasteiger partial charge in [-0.25, -0.2) is 17.9 Å². The van der Waals surface area contributed by atoms with Gasteiger partial charge in [-0.1, -0.05) is 62.3 Å². The van der Waals surface area contributed by atoms with Crippen LogP contribution in [0.1, 0.15) is 261 Å². The number of hydrogen-bond donors (Lipinski definition) is 0. The minimum Gasteiger partial charge on any atom is -0.346 e. The van der Waals surface area contributed by atoms with Crippen molar-refractivity contribution in [3.05, 3.63) is 189 Å². The van der Waals surface area contributed by atoms with Crippen LogP contribution in [0.5, 0.6) is 0 Å². The minimum absolute atomic E-state index is 0.0440. The molecule has 10 aromatic rings. The van der Waals surface area contributed by atoms with Crippen molar-refractivity contribution in [1.82, 2.24) is 56.1 Å². The van der Waals surface area contributed by atoms with Crippen LogP contribution >= 0.6 is 0 Å². The van der Waals surface area contributed by atoms with E-state index in [0.29, 0.717) is 41.1 Å². The van der Waals surface area contributed by atoms with Gasteiger partial charge in [0.25, 0.3) is 34.1 Å². The first-order chi connectivity index (χ1) is 50.6. The molecule has 0 radical (unpaired) electrons. The number of hydrogen-bond acceptors (Lipinski definition) is 7. The molecule has 7 aliphatic heterocycles. The lowest BCUT2D eigenvalue weighted by molar-refractivity contribution is 0.0679. The maximum Gasteiger partial charge on any atom is 0.277 e. The molecule has 9 aromatic heterocycles. The minimum atomic E-state index is -0.468. The standard InChI is InChI=1S/C15H21FN2O.2C15H19FN2O.C15H20N2O.C14H18N2O.C13H18N2O/c2*1-9(2)17-6-5-10-12(14(17)19)13(16)11-7-15(3,4)8-18(10)11;1-9(2)18-14(19)13-10(8-17-18)6-11(7-12(13)16)15(3,4)5;1-10(2)16-6-5-13-12(14(16)18)7-11-8-15(3,4)9-17(11)13;1-10(2)15-8-6-13-12(14(15)17)9-11-5-3-4-7-16(11)13;1-9(2)15-8-12-11(13(15)16)7-10-5-3-4-6-14(10)12/h9H,5-8H2,1-4H3;5-6,9H,7-8H2,1-4H3;6-9H,1-5H3;5-7,10H,8-9H2,1-4H3;6,8-10H,3-5,7H2,1-2H3;7,9H,3-6,8H2,1-2H3. The van der Waals surface area contributed by atoms with Crippen LogP contribution in [0.4, 0.5) is 13.2 Å². The van der Waals surface area contributed by atoms with Gasteiger partial charge in [-0.3, -0.25) is 28.8 Å². The van der Waals surface area contributed by atoms with E-state index in [4.69, 9.17) is 0 Å². The van der Waals surface area contributed by atoms with Crippen LogP contribution < -0.4 is 22.2 Å². The van der Waals surface area contributed by atoms with Crippen LogP contribution in [0.2, 0.25) is 0 Å². The zero-order chi connectivity index (χ0) is 78.6. The normalized spacial score (nSPS) is 17.1. The van der Waals surface area contributed by atoms with Crippen molar-refractivity contribution >= 4 is 55.3 Å². The SMILES string of the molecule is CC(C)N1CCc2c(c(F)c3n2CC(C)(C)C3)C1=O.CC(C)N1Cc2c(cc3n2CCCC3)C1=O.CC(C)n1ccc2c(c(F)c3n2CC(C)(C)C3)c1=O.CC(C)n1ccc2c(cc3n2CC(C)(C)C3)c1=O.CC(C)n1ccc2c(cc3n2CCCC3)c1=O.CC(C)n1ncc2cc(C(C)(C)C)cc(F)c2c1=O. The zero-order valence-electron chi connectivity index (χ0n) is 67.9. The molecule has 0 saturated heterocycles. The summed E-state index contributed by atoms with van der Waals surface area (Å²) in [7, 11) is 0. The first-order valence-corrected chi connectivity index (χ1v) is 39.4. The molecule has 16 heterocycles. The van der Waals surface area contributed by atoms with Gasteiger partial charge in [0.2, 0.25) is 0 Å². The molecule has 0 saturated carbocycles. The fraction of sp³-hybridized carbons (Fsp3) is 0.552. The quantitative estimate of drug-likeness (QED) is 0.160. The highest BCUT2D eigenvalue weighted by Crippen LogP contribution is 2.42. The third-order valence-electron chi connectivity index (χ3n) is 22.9. The lowest BCUT2D eigenvalue weighted by Crippen LogP contribution is -2.42. The van der Waals surface area contributed by atoms with Crippen molar-refractivity contribution in [3.8, 4) is 0 Å². The summed E-state index contributed by atoms with van der Waals surface area (Å²) in [5.41, 5.74) is 12.7.